The molecule has 4 aromatic rings. The predicted octanol–water partition coefficient (Wildman–Crippen LogP) is 4.82. The monoisotopic (exact) mass is 530 g/mol. The van der Waals surface area contributed by atoms with E-state index in [2.05, 4.69) is 4.98 Å². The molecule has 37 heavy (non-hydrogen) atoms. The van der Waals surface area contributed by atoms with Gasteiger partial charge in [-0.1, -0.05) is 65.6 Å². The molecular formula is C28H22N2O5S2. The highest BCUT2D eigenvalue weighted by atomic mass is 32.2. The molecule has 1 fully saturated rings. The Labute approximate surface area is 221 Å². The summed E-state index contributed by atoms with van der Waals surface area (Å²) in [5, 5.41) is 0.0229. The van der Waals surface area contributed by atoms with Crippen LogP contribution in [0.5, 0.6) is 11.5 Å². The van der Waals surface area contributed by atoms with E-state index in [0.29, 0.717) is 28.8 Å². The number of imide groups is 1. The van der Waals surface area contributed by atoms with Gasteiger partial charge >= 0.3 is 4.87 Å². The first-order valence-corrected chi connectivity index (χ1v) is 13.4. The summed E-state index contributed by atoms with van der Waals surface area (Å²) in [5.74, 6) is -0.265. The molecule has 2 amide bonds. The molecule has 0 aliphatic carbocycles. The van der Waals surface area contributed by atoms with Crippen LogP contribution >= 0.6 is 23.1 Å². The number of thiazole rings is 1. The van der Waals surface area contributed by atoms with Crippen molar-refractivity contribution in [1.82, 2.24) is 4.98 Å². The van der Waals surface area contributed by atoms with Gasteiger partial charge in [0.1, 0.15) is 23.4 Å². The van der Waals surface area contributed by atoms with Gasteiger partial charge in [0.15, 0.2) is 0 Å². The minimum absolute atomic E-state index is 0.197. The molecule has 2 aliphatic heterocycles. The number of benzene rings is 3. The van der Waals surface area contributed by atoms with Gasteiger partial charge in [-0.15, -0.1) is 0 Å². The Morgan fingerprint density at radius 2 is 1.57 bits per heavy atom. The van der Waals surface area contributed by atoms with E-state index >= 15 is 0 Å². The molecule has 3 aromatic carbocycles. The Kier molecular flexibility index (Phi) is 6.10. The largest absolute Gasteiger partial charge is 0.497 e. The first-order chi connectivity index (χ1) is 18.0. The Morgan fingerprint density at radius 3 is 2.27 bits per heavy atom. The van der Waals surface area contributed by atoms with Crippen molar-refractivity contribution in [3.05, 3.63) is 105 Å². The molecule has 0 saturated carbocycles. The SMILES string of the molecule is COc1ccc(N2C(=O)C3Sc4[nH]c(=O)sc4C(c4ccc(OCc5ccccc5)cc4)C3C2=O)cc1. The van der Waals surface area contributed by atoms with Crippen molar-refractivity contribution in [2.24, 2.45) is 5.92 Å². The molecule has 3 unspecified atom stereocenters. The number of amides is 2. The third-order valence-electron chi connectivity index (χ3n) is 6.64. The summed E-state index contributed by atoms with van der Waals surface area (Å²) in [6.45, 7) is 0.443. The van der Waals surface area contributed by atoms with Gasteiger partial charge in [0.25, 0.3) is 0 Å². The van der Waals surface area contributed by atoms with Crippen molar-refractivity contribution in [2.75, 3.05) is 12.0 Å². The number of fused-ring (bicyclic) bond motifs is 2. The quantitative estimate of drug-likeness (QED) is 0.360. The lowest BCUT2D eigenvalue weighted by Gasteiger charge is -2.29. The summed E-state index contributed by atoms with van der Waals surface area (Å²) < 4.78 is 11.1. The van der Waals surface area contributed by atoms with Crippen LogP contribution in [0.3, 0.4) is 0 Å². The lowest BCUT2D eigenvalue weighted by Crippen LogP contribution is -2.32. The fourth-order valence-electron chi connectivity index (χ4n) is 4.87. The predicted molar refractivity (Wildman–Crippen MR) is 143 cm³/mol. The molecule has 2 aliphatic rings. The summed E-state index contributed by atoms with van der Waals surface area (Å²) in [4.78, 5) is 44.3. The van der Waals surface area contributed by atoms with Gasteiger partial charge < -0.3 is 14.5 Å². The van der Waals surface area contributed by atoms with Crippen LogP contribution in [-0.2, 0) is 16.2 Å². The summed E-state index contributed by atoms with van der Waals surface area (Å²) in [6.07, 6.45) is 0. The van der Waals surface area contributed by atoms with Gasteiger partial charge in [-0.25, -0.2) is 4.90 Å². The molecule has 1 saturated heterocycles. The zero-order chi connectivity index (χ0) is 25.5. The maximum absolute atomic E-state index is 13.8. The zero-order valence-corrected chi connectivity index (χ0v) is 21.4. The highest BCUT2D eigenvalue weighted by Gasteiger charge is 2.56. The van der Waals surface area contributed by atoms with E-state index in [4.69, 9.17) is 9.47 Å². The third-order valence-corrected chi connectivity index (χ3v) is 9.04. The van der Waals surface area contributed by atoms with E-state index in [1.807, 2.05) is 54.6 Å². The fourth-order valence-corrected chi connectivity index (χ4v) is 7.39. The van der Waals surface area contributed by atoms with Gasteiger partial charge in [-0.05, 0) is 47.5 Å². The number of hydrogen-bond acceptors (Lipinski definition) is 7. The van der Waals surface area contributed by atoms with Gasteiger partial charge in [0, 0.05) is 10.8 Å². The topological polar surface area (TPSA) is 88.7 Å². The summed E-state index contributed by atoms with van der Waals surface area (Å²) in [6, 6.07) is 24.3. The maximum atomic E-state index is 13.8. The van der Waals surface area contributed by atoms with Crippen molar-refractivity contribution < 1.29 is 19.1 Å². The molecule has 6 rings (SSSR count). The summed E-state index contributed by atoms with van der Waals surface area (Å²) >= 11 is 2.36. The van der Waals surface area contributed by atoms with E-state index in [1.165, 1.54) is 16.7 Å². The summed E-state index contributed by atoms with van der Waals surface area (Å²) in [7, 11) is 1.56. The van der Waals surface area contributed by atoms with E-state index in [-0.39, 0.29) is 16.7 Å². The van der Waals surface area contributed by atoms with Crippen molar-refractivity contribution in [2.45, 2.75) is 22.8 Å². The first kappa shape index (κ1) is 23.6. The van der Waals surface area contributed by atoms with Gasteiger partial charge in [0.05, 0.1) is 23.7 Å². The van der Waals surface area contributed by atoms with Crippen molar-refractivity contribution in [1.29, 1.82) is 0 Å². The number of H-pyrrole nitrogens is 1. The molecule has 0 radical (unpaired) electrons. The second-order valence-electron chi connectivity index (χ2n) is 8.80. The standard InChI is InChI=1S/C28H22N2O5S2/c1-34-19-13-9-18(10-14-19)30-26(31)22-21(23-25(29-28(33)37-23)36-24(22)27(30)32)17-7-11-20(12-8-17)35-15-16-5-3-2-4-6-16/h2-14,21-22,24H,15H2,1H3,(H,29,33). The minimum atomic E-state index is -0.633. The number of carbonyl (C=O) groups is 2. The number of hydrogen-bond donors (Lipinski definition) is 1. The van der Waals surface area contributed by atoms with Crippen molar-refractivity contribution in [3.8, 4) is 11.5 Å². The number of carbonyl (C=O) groups excluding carboxylic acids is 2. The number of nitrogens with zero attached hydrogens (tertiary/aromatic N) is 1. The lowest BCUT2D eigenvalue weighted by molar-refractivity contribution is -0.122. The smallest absolute Gasteiger partial charge is 0.305 e. The number of ether oxygens (including phenoxy) is 2. The van der Waals surface area contributed by atoms with Crippen LogP contribution in [0.25, 0.3) is 0 Å². The lowest BCUT2D eigenvalue weighted by atomic mass is 9.83. The molecule has 7 nitrogen and oxygen atoms in total. The van der Waals surface area contributed by atoms with Gasteiger partial charge in [-0.2, -0.15) is 0 Å². The number of thioether (sulfide) groups is 1. The number of rotatable bonds is 6. The Balaban J connectivity index is 1.33. The number of aromatic amines is 1. The van der Waals surface area contributed by atoms with Crippen LogP contribution in [-0.4, -0.2) is 29.2 Å². The van der Waals surface area contributed by atoms with Gasteiger partial charge in [-0.3, -0.25) is 14.4 Å². The third kappa shape index (κ3) is 4.24. The second-order valence-corrected chi connectivity index (χ2v) is 11.0. The highest BCUT2D eigenvalue weighted by Crippen LogP contribution is 2.53. The van der Waals surface area contributed by atoms with Crippen LogP contribution in [0.15, 0.2) is 88.7 Å². The zero-order valence-electron chi connectivity index (χ0n) is 19.7. The van der Waals surface area contributed by atoms with Crippen LogP contribution in [0.1, 0.15) is 21.9 Å². The molecular weight excluding hydrogens is 508 g/mol. The molecule has 186 valence electrons. The Hall–Kier alpha value is -3.82. The molecule has 0 spiro atoms. The second kappa shape index (κ2) is 9.57. The van der Waals surface area contributed by atoms with Gasteiger partial charge in [0.2, 0.25) is 11.8 Å². The number of aromatic nitrogens is 1. The molecule has 3 heterocycles. The average Bonchev–Trinajstić information content (AvgIpc) is 3.42. The number of nitrogens with one attached hydrogen (secondary N) is 1. The van der Waals surface area contributed by atoms with Crippen LogP contribution in [0.2, 0.25) is 0 Å². The number of anilines is 1. The first-order valence-electron chi connectivity index (χ1n) is 11.7. The van der Waals surface area contributed by atoms with Crippen LogP contribution < -0.4 is 19.2 Å². The van der Waals surface area contributed by atoms with Crippen molar-refractivity contribution >= 4 is 40.6 Å². The molecule has 3 atom stereocenters. The molecule has 0 bridgehead atoms. The summed E-state index contributed by atoms with van der Waals surface area (Å²) in [5.41, 5.74) is 2.43. The fraction of sp³-hybridized carbons (Fsp3) is 0.179. The van der Waals surface area contributed by atoms with Crippen LogP contribution in [0, 0.1) is 5.92 Å². The van der Waals surface area contributed by atoms with E-state index < -0.39 is 17.1 Å². The molecule has 1 N–H and O–H groups in total. The Morgan fingerprint density at radius 1 is 0.865 bits per heavy atom. The van der Waals surface area contributed by atoms with Crippen molar-refractivity contribution in [3.63, 3.8) is 0 Å². The van der Waals surface area contributed by atoms with E-state index in [9.17, 15) is 14.4 Å². The number of methoxy groups -OCH3 is 1. The maximum Gasteiger partial charge on any atom is 0.305 e. The van der Waals surface area contributed by atoms with E-state index in [0.717, 1.165) is 27.3 Å². The Bertz CT molecular complexity index is 1510. The molecule has 1 aromatic heterocycles. The molecule has 9 heteroatoms. The van der Waals surface area contributed by atoms with E-state index in [1.54, 1.807) is 31.4 Å². The minimum Gasteiger partial charge on any atom is -0.497 e. The normalized spacial score (nSPS) is 20.5. The van der Waals surface area contributed by atoms with Crippen LogP contribution in [0.4, 0.5) is 5.69 Å². The highest BCUT2D eigenvalue weighted by molar-refractivity contribution is 8.00. The average molecular weight is 531 g/mol.